The number of carbonyl (C=O) groups is 1. The van der Waals surface area contributed by atoms with Crippen molar-refractivity contribution in [2.45, 2.75) is 29.9 Å². The van der Waals surface area contributed by atoms with Gasteiger partial charge in [-0.2, -0.15) is 0 Å². The van der Waals surface area contributed by atoms with E-state index in [4.69, 9.17) is 22.4 Å². The molecule has 1 rings (SSSR count). The van der Waals surface area contributed by atoms with E-state index in [0.717, 1.165) is 4.90 Å². The Balaban J connectivity index is 2.58. The molecule has 0 aliphatic carbocycles. The Hall–Kier alpha value is -0.870. The summed E-state index contributed by atoms with van der Waals surface area (Å²) in [6.07, 6.45) is 0.791. The second-order valence-electron chi connectivity index (χ2n) is 3.55. The number of halogens is 1. The van der Waals surface area contributed by atoms with Crippen molar-refractivity contribution in [2.24, 2.45) is 0 Å². The van der Waals surface area contributed by atoms with Crippen molar-refractivity contribution >= 4 is 35.0 Å². The highest BCUT2D eigenvalue weighted by atomic mass is 35.5. The summed E-state index contributed by atoms with van der Waals surface area (Å²) >= 11 is 7.56. The SMILES string of the molecule is CC(CCC(=O)O)Sc1cc(N)ccc1Cl. The van der Waals surface area contributed by atoms with Crippen LogP contribution in [0.4, 0.5) is 5.69 Å². The van der Waals surface area contributed by atoms with E-state index in [0.29, 0.717) is 17.1 Å². The van der Waals surface area contributed by atoms with Crippen LogP contribution in [0.5, 0.6) is 0 Å². The maximum Gasteiger partial charge on any atom is 0.303 e. The molecule has 0 heterocycles. The summed E-state index contributed by atoms with van der Waals surface area (Å²) in [7, 11) is 0. The molecule has 0 radical (unpaired) electrons. The highest BCUT2D eigenvalue weighted by Crippen LogP contribution is 2.33. The van der Waals surface area contributed by atoms with Gasteiger partial charge >= 0.3 is 5.97 Å². The van der Waals surface area contributed by atoms with Gasteiger partial charge in [0, 0.05) is 22.3 Å². The summed E-state index contributed by atoms with van der Waals surface area (Å²) in [4.78, 5) is 11.3. The number of anilines is 1. The molecule has 0 bridgehead atoms. The average Bonchev–Trinajstić information content (AvgIpc) is 2.20. The van der Waals surface area contributed by atoms with Crippen molar-refractivity contribution in [3.63, 3.8) is 0 Å². The van der Waals surface area contributed by atoms with Gasteiger partial charge in [-0.25, -0.2) is 0 Å². The third-order valence-corrected chi connectivity index (χ3v) is 3.72. The van der Waals surface area contributed by atoms with E-state index in [1.807, 2.05) is 13.0 Å². The van der Waals surface area contributed by atoms with Crippen molar-refractivity contribution in [1.29, 1.82) is 0 Å². The first-order valence-electron chi connectivity index (χ1n) is 4.92. The van der Waals surface area contributed by atoms with Gasteiger partial charge in [-0.05, 0) is 24.6 Å². The molecule has 5 heteroatoms. The van der Waals surface area contributed by atoms with Crippen LogP contribution in [-0.4, -0.2) is 16.3 Å². The fraction of sp³-hybridized carbons (Fsp3) is 0.364. The number of carboxylic acid groups (broad SMARTS) is 1. The van der Waals surface area contributed by atoms with Crippen LogP contribution in [0.3, 0.4) is 0 Å². The fourth-order valence-electron chi connectivity index (χ4n) is 1.21. The van der Waals surface area contributed by atoms with Gasteiger partial charge in [-0.1, -0.05) is 18.5 Å². The lowest BCUT2D eigenvalue weighted by molar-refractivity contribution is -0.137. The summed E-state index contributed by atoms with van der Waals surface area (Å²) in [6.45, 7) is 1.98. The van der Waals surface area contributed by atoms with Crippen LogP contribution >= 0.6 is 23.4 Å². The number of carboxylic acids is 1. The van der Waals surface area contributed by atoms with Crippen molar-refractivity contribution in [3.8, 4) is 0 Å². The molecule has 0 spiro atoms. The van der Waals surface area contributed by atoms with Gasteiger partial charge in [0.25, 0.3) is 0 Å². The molecule has 88 valence electrons. The lowest BCUT2D eigenvalue weighted by Crippen LogP contribution is -2.02. The summed E-state index contributed by atoms with van der Waals surface area (Å²) in [5, 5.41) is 9.43. The van der Waals surface area contributed by atoms with E-state index in [1.54, 1.807) is 23.9 Å². The fourth-order valence-corrected chi connectivity index (χ4v) is 2.52. The predicted octanol–water partition coefficient (Wildman–Crippen LogP) is 3.27. The number of aliphatic carboxylic acids is 1. The predicted molar refractivity (Wildman–Crippen MR) is 68.1 cm³/mol. The van der Waals surface area contributed by atoms with E-state index in [2.05, 4.69) is 0 Å². The Kier molecular flexibility index (Phi) is 4.96. The van der Waals surface area contributed by atoms with Gasteiger partial charge < -0.3 is 10.8 Å². The molecule has 0 saturated carbocycles. The van der Waals surface area contributed by atoms with Crippen LogP contribution in [-0.2, 0) is 4.79 Å². The molecule has 3 N–H and O–H groups in total. The molecule has 0 aliphatic heterocycles. The Bertz CT molecular complexity index is 384. The molecule has 0 aromatic heterocycles. The lowest BCUT2D eigenvalue weighted by atomic mass is 10.2. The maximum atomic E-state index is 10.4. The first kappa shape index (κ1) is 13.2. The quantitative estimate of drug-likeness (QED) is 0.629. The topological polar surface area (TPSA) is 63.3 Å². The van der Waals surface area contributed by atoms with Gasteiger partial charge in [-0.15, -0.1) is 11.8 Å². The second-order valence-corrected chi connectivity index (χ2v) is 5.44. The minimum Gasteiger partial charge on any atom is -0.481 e. The Morgan fingerprint density at radius 3 is 2.94 bits per heavy atom. The molecule has 0 aliphatic rings. The van der Waals surface area contributed by atoms with Crippen LogP contribution in [0.1, 0.15) is 19.8 Å². The largest absolute Gasteiger partial charge is 0.481 e. The Labute approximate surface area is 104 Å². The third kappa shape index (κ3) is 4.33. The zero-order valence-electron chi connectivity index (χ0n) is 8.94. The summed E-state index contributed by atoms with van der Waals surface area (Å²) in [6, 6.07) is 5.31. The first-order chi connectivity index (χ1) is 7.49. The van der Waals surface area contributed by atoms with Crippen molar-refractivity contribution in [2.75, 3.05) is 5.73 Å². The van der Waals surface area contributed by atoms with Crippen LogP contribution in [0.2, 0.25) is 5.02 Å². The van der Waals surface area contributed by atoms with E-state index in [9.17, 15) is 4.79 Å². The third-order valence-electron chi connectivity index (χ3n) is 2.05. The Morgan fingerprint density at radius 1 is 1.62 bits per heavy atom. The number of nitrogen functional groups attached to an aromatic ring is 1. The van der Waals surface area contributed by atoms with Gasteiger partial charge in [0.05, 0.1) is 5.02 Å². The van der Waals surface area contributed by atoms with Crippen LogP contribution in [0.15, 0.2) is 23.1 Å². The summed E-state index contributed by atoms with van der Waals surface area (Å²) in [5.41, 5.74) is 6.32. The van der Waals surface area contributed by atoms with E-state index in [1.165, 1.54) is 0 Å². The van der Waals surface area contributed by atoms with Crippen molar-refractivity contribution in [1.82, 2.24) is 0 Å². The molecule has 0 saturated heterocycles. The van der Waals surface area contributed by atoms with Gasteiger partial charge in [0.15, 0.2) is 0 Å². The number of nitrogens with two attached hydrogens (primary N) is 1. The summed E-state index contributed by atoms with van der Waals surface area (Å²) < 4.78 is 0. The van der Waals surface area contributed by atoms with Crippen LogP contribution < -0.4 is 5.73 Å². The molecule has 0 fully saturated rings. The van der Waals surface area contributed by atoms with Gasteiger partial charge in [0.1, 0.15) is 0 Å². The zero-order valence-corrected chi connectivity index (χ0v) is 10.5. The number of hydrogen-bond donors (Lipinski definition) is 2. The number of hydrogen-bond acceptors (Lipinski definition) is 3. The van der Waals surface area contributed by atoms with Gasteiger partial charge in [-0.3, -0.25) is 4.79 Å². The summed E-state index contributed by atoms with van der Waals surface area (Å²) in [5.74, 6) is -0.772. The highest BCUT2D eigenvalue weighted by molar-refractivity contribution is 8.00. The molecule has 1 unspecified atom stereocenters. The molecular weight excluding hydrogens is 246 g/mol. The van der Waals surface area contributed by atoms with E-state index in [-0.39, 0.29) is 11.7 Å². The smallest absolute Gasteiger partial charge is 0.303 e. The molecule has 3 nitrogen and oxygen atoms in total. The Morgan fingerprint density at radius 2 is 2.31 bits per heavy atom. The lowest BCUT2D eigenvalue weighted by Gasteiger charge is -2.11. The monoisotopic (exact) mass is 259 g/mol. The van der Waals surface area contributed by atoms with Crippen molar-refractivity contribution in [3.05, 3.63) is 23.2 Å². The highest BCUT2D eigenvalue weighted by Gasteiger charge is 2.09. The van der Waals surface area contributed by atoms with Gasteiger partial charge in [0.2, 0.25) is 0 Å². The molecule has 1 atom stereocenters. The maximum absolute atomic E-state index is 10.4. The normalized spacial score (nSPS) is 12.4. The van der Waals surface area contributed by atoms with Crippen LogP contribution in [0, 0.1) is 0 Å². The minimum absolute atomic E-state index is 0.175. The first-order valence-corrected chi connectivity index (χ1v) is 6.18. The number of thioether (sulfide) groups is 1. The molecular formula is C11H14ClNO2S. The van der Waals surface area contributed by atoms with E-state index >= 15 is 0 Å². The average molecular weight is 260 g/mol. The van der Waals surface area contributed by atoms with Crippen molar-refractivity contribution < 1.29 is 9.90 Å². The number of benzene rings is 1. The molecule has 1 aromatic carbocycles. The van der Waals surface area contributed by atoms with Crippen LogP contribution in [0.25, 0.3) is 0 Å². The zero-order chi connectivity index (χ0) is 12.1. The molecule has 0 amide bonds. The van der Waals surface area contributed by atoms with E-state index < -0.39 is 5.97 Å². The molecule has 16 heavy (non-hydrogen) atoms. The minimum atomic E-state index is -0.772. The second kappa shape index (κ2) is 6.01. The number of rotatable bonds is 5. The standard InChI is InChI=1S/C11H14ClNO2S/c1-7(2-5-11(14)15)16-10-6-8(13)3-4-9(10)12/h3-4,6-7H,2,5,13H2,1H3,(H,14,15). The molecule has 1 aromatic rings.